The minimum Gasteiger partial charge on any atom is -0.384 e. The molecule has 0 radical (unpaired) electrons. The molecule has 2 rings (SSSR count). The molecule has 2 aromatic rings. The van der Waals surface area contributed by atoms with Gasteiger partial charge in [0.1, 0.15) is 17.2 Å². The Hall–Kier alpha value is -1.55. The van der Waals surface area contributed by atoms with Crippen LogP contribution in [0.2, 0.25) is 5.15 Å². The highest BCUT2D eigenvalue weighted by Gasteiger charge is 2.03. The fourth-order valence-electron chi connectivity index (χ4n) is 1.03. The van der Waals surface area contributed by atoms with E-state index in [-0.39, 0.29) is 0 Å². The van der Waals surface area contributed by atoms with Crippen molar-refractivity contribution in [1.29, 1.82) is 0 Å². The number of pyridine rings is 1. The first-order valence-corrected chi connectivity index (χ1v) is 3.96. The Balaban J connectivity index is 2.53. The predicted molar refractivity (Wildman–Crippen MR) is 49.2 cm³/mol. The van der Waals surface area contributed by atoms with Gasteiger partial charge in [0.2, 0.25) is 0 Å². The summed E-state index contributed by atoms with van der Waals surface area (Å²) in [5, 5.41) is 3.94. The Bertz CT molecular complexity index is 393. The lowest BCUT2D eigenvalue weighted by atomic mass is 10.1. The van der Waals surface area contributed by atoms with Crippen molar-refractivity contribution in [1.82, 2.24) is 10.1 Å². The molecule has 0 aliphatic carbocycles. The van der Waals surface area contributed by atoms with Gasteiger partial charge in [-0.25, -0.2) is 4.98 Å². The lowest BCUT2D eigenvalue weighted by Gasteiger charge is -1.98. The number of aromatic nitrogens is 2. The third kappa shape index (κ3) is 1.62. The molecule has 0 saturated carbocycles. The van der Waals surface area contributed by atoms with Gasteiger partial charge in [-0.3, -0.25) is 0 Å². The Kier molecular flexibility index (Phi) is 1.90. The van der Waals surface area contributed by atoms with Crippen molar-refractivity contribution in [3.63, 3.8) is 0 Å². The first kappa shape index (κ1) is 8.07. The third-order valence-electron chi connectivity index (χ3n) is 1.58. The summed E-state index contributed by atoms with van der Waals surface area (Å²) in [6, 6.07) is 3.41. The fourth-order valence-corrected chi connectivity index (χ4v) is 1.25. The molecule has 2 N–H and O–H groups in total. The van der Waals surface area contributed by atoms with Gasteiger partial charge in [-0.1, -0.05) is 16.8 Å². The normalized spacial score (nSPS) is 10.2. The quantitative estimate of drug-likeness (QED) is 0.707. The molecule has 5 heteroatoms. The van der Waals surface area contributed by atoms with Crippen LogP contribution in [-0.2, 0) is 0 Å². The largest absolute Gasteiger partial charge is 0.384 e. The third-order valence-corrected chi connectivity index (χ3v) is 1.77. The summed E-state index contributed by atoms with van der Waals surface area (Å²) in [4.78, 5) is 3.84. The topological polar surface area (TPSA) is 64.9 Å². The van der Waals surface area contributed by atoms with Crippen molar-refractivity contribution in [2.75, 3.05) is 5.73 Å². The van der Waals surface area contributed by atoms with Crippen LogP contribution in [0.5, 0.6) is 0 Å². The number of hydrogen-bond donors (Lipinski definition) is 1. The molecule has 4 nitrogen and oxygen atoms in total. The molecule has 2 aromatic heterocycles. The second-order valence-electron chi connectivity index (χ2n) is 2.52. The minimum absolute atomic E-state index is 0.358. The van der Waals surface area contributed by atoms with Gasteiger partial charge in [-0.15, -0.1) is 0 Å². The average molecular weight is 196 g/mol. The Labute approximate surface area is 79.3 Å². The molecule has 0 unspecified atom stereocenters. The van der Waals surface area contributed by atoms with Crippen LogP contribution < -0.4 is 5.73 Å². The van der Waals surface area contributed by atoms with E-state index in [0.29, 0.717) is 11.0 Å². The molecule has 2 heterocycles. The van der Waals surface area contributed by atoms with Gasteiger partial charge in [0, 0.05) is 5.56 Å². The van der Waals surface area contributed by atoms with Crippen LogP contribution in [-0.4, -0.2) is 10.1 Å². The number of nitrogens with zero attached hydrogens (tertiary/aromatic N) is 2. The molecule has 0 spiro atoms. The van der Waals surface area contributed by atoms with Crippen LogP contribution in [0.1, 0.15) is 0 Å². The molecular weight excluding hydrogens is 190 g/mol. The summed E-state index contributed by atoms with van der Waals surface area (Å²) in [6.45, 7) is 0. The van der Waals surface area contributed by atoms with E-state index in [1.54, 1.807) is 18.3 Å². The Morgan fingerprint density at radius 1 is 1.31 bits per heavy atom. The van der Waals surface area contributed by atoms with Crippen molar-refractivity contribution in [3.8, 4) is 11.1 Å². The number of nitrogens with two attached hydrogens (primary N) is 1. The zero-order chi connectivity index (χ0) is 9.26. The molecule has 0 aromatic carbocycles. The van der Waals surface area contributed by atoms with E-state index in [1.165, 1.54) is 6.26 Å². The number of hydrogen-bond acceptors (Lipinski definition) is 4. The van der Waals surface area contributed by atoms with Crippen molar-refractivity contribution in [3.05, 3.63) is 29.7 Å². The zero-order valence-electron chi connectivity index (χ0n) is 6.57. The lowest BCUT2D eigenvalue weighted by molar-refractivity contribution is 0.420. The number of nitrogen functional groups attached to an aromatic ring is 1. The molecule has 0 saturated heterocycles. The van der Waals surface area contributed by atoms with Crippen LogP contribution in [0.3, 0.4) is 0 Å². The second kappa shape index (κ2) is 3.06. The Morgan fingerprint density at radius 3 is 2.77 bits per heavy atom. The highest BCUT2D eigenvalue weighted by Crippen LogP contribution is 2.22. The summed E-state index contributed by atoms with van der Waals surface area (Å²) in [5.41, 5.74) is 7.19. The number of halogens is 1. The molecule has 0 fully saturated rings. The molecule has 0 bridgehead atoms. The molecular formula is C8H6ClN3O. The van der Waals surface area contributed by atoms with E-state index in [4.69, 9.17) is 21.9 Å². The fraction of sp³-hybridized carbons (Fsp3) is 0. The highest BCUT2D eigenvalue weighted by atomic mass is 35.5. The highest BCUT2D eigenvalue weighted by molar-refractivity contribution is 6.29. The smallest absolute Gasteiger partial charge is 0.132 e. The van der Waals surface area contributed by atoms with Gasteiger partial charge in [0.05, 0.1) is 6.20 Å². The molecule has 0 aliphatic heterocycles. The average Bonchev–Trinajstić information content (AvgIpc) is 2.53. The van der Waals surface area contributed by atoms with Gasteiger partial charge in [-0.2, -0.15) is 0 Å². The summed E-state index contributed by atoms with van der Waals surface area (Å²) < 4.78 is 4.69. The van der Waals surface area contributed by atoms with Crippen LogP contribution in [0.4, 0.5) is 5.82 Å². The molecule has 0 amide bonds. The lowest BCUT2D eigenvalue weighted by Crippen LogP contribution is -1.90. The summed E-state index contributed by atoms with van der Waals surface area (Å²) in [7, 11) is 0. The Morgan fingerprint density at radius 2 is 2.15 bits per heavy atom. The number of rotatable bonds is 1. The second-order valence-corrected chi connectivity index (χ2v) is 2.90. The van der Waals surface area contributed by atoms with E-state index < -0.39 is 0 Å². The zero-order valence-corrected chi connectivity index (χ0v) is 7.32. The predicted octanol–water partition coefficient (Wildman–Crippen LogP) is 1.97. The maximum Gasteiger partial charge on any atom is 0.132 e. The van der Waals surface area contributed by atoms with Gasteiger partial charge in [0.15, 0.2) is 0 Å². The van der Waals surface area contributed by atoms with Gasteiger partial charge in [0.25, 0.3) is 0 Å². The van der Waals surface area contributed by atoms with E-state index in [2.05, 4.69) is 10.1 Å². The van der Waals surface area contributed by atoms with Gasteiger partial charge < -0.3 is 10.3 Å². The molecule has 13 heavy (non-hydrogen) atoms. The van der Waals surface area contributed by atoms with Gasteiger partial charge >= 0.3 is 0 Å². The van der Waals surface area contributed by atoms with E-state index in [0.717, 1.165) is 11.1 Å². The molecule has 0 atom stereocenters. The SMILES string of the molecule is Nc1cc(-c2cnoc2)cc(Cl)n1. The summed E-state index contributed by atoms with van der Waals surface area (Å²) in [6.07, 6.45) is 3.11. The minimum atomic E-state index is 0.358. The van der Waals surface area contributed by atoms with Crippen LogP contribution in [0, 0.1) is 0 Å². The summed E-state index contributed by atoms with van der Waals surface area (Å²) in [5.74, 6) is 0.378. The van der Waals surface area contributed by atoms with Crippen molar-refractivity contribution < 1.29 is 4.52 Å². The van der Waals surface area contributed by atoms with Crippen LogP contribution >= 0.6 is 11.6 Å². The van der Waals surface area contributed by atoms with E-state index in [9.17, 15) is 0 Å². The van der Waals surface area contributed by atoms with E-state index in [1.807, 2.05) is 0 Å². The monoisotopic (exact) mass is 195 g/mol. The molecule has 0 aliphatic rings. The maximum absolute atomic E-state index is 5.72. The number of anilines is 1. The first-order chi connectivity index (χ1) is 6.25. The van der Waals surface area contributed by atoms with Crippen LogP contribution in [0.15, 0.2) is 29.1 Å². The first-order valence-electron chi connectivity index (χ1n) is 3.58. The van der Waals surface area contributed by atoms with E-state index >= 15 is 0 Å². The standard InChI is InChI=1S/C8H6ClN3O/c9-7-1-5(2-8(10)12-7)6-3-11-13-4-6/h1-4H,(H2,10,12). The van der Waals surface area contributed by atoms with Gasteiger partial charge in [-0.05, 0) is 17.7 Å². The maximum atomic E-state index is 5.72. The van der Waals surface area contributed by atoms with Crippen molar-refractivity contribution >= 4 is 17.4 Å². The van der Waals surface area contributed by atoms with Crippen LogP contribution in [0.25, 0.3) is 11.1 Å². The van der Waals surface area contributed by atoms with Crippen molar-refractivity contribution in [2.45, 2.75) is 0 Å². The molecule has 66 valence electrons. The summed E-state index contributed by atoms with van der Waals surface area (Å²) >= 11 is 5.72. The van der Waals surface area contributed by atoms with Crippen molar-refractivity contribution in [2.24, 2.45) is 0 Å².